The van der Waals surface area contributed by atoms with Gasteiger partial charge in [0.2, 0.25) is 0 Å². The summed E-state index contributed by atoms with van der Waals surface area (Å²) in [5.74, 6) is -0.110. The lowest BCUT2D eigenvalue weighted by molar-refractivity contribution is -0.385. The lowest BCUT2D eigenvalue weighted by atomic mass is 10.1. The molecule has 2 rings (SSSR count). The minimum absolute atomic E-state index is 0.0998. The highest BCUT2D eigenvalue weighted by Crippen LogP contribution is 2.25. The monoisotopic (exact) mass is 328 g/mol. The van der Waals surface area contributed by atoms with Gasteiger partial charge in [0.1, 0.15) is 0 Å². The summed E-state index contributed by atoms with van der Waals surface area (Å²) >= 11 is 0. The number of aryl methyl sites for hydroxylation is 1. The third-order valence-corrected chi connectivity index (χ3v) is 3.77. The lowest BCUT2D eigenvalue weighted by Crippen LogP contribution is -2.34. The van der Waals surface area contributed by atoms with Crippen LogP contribution in [0.4, 0.5) is 5.69 Å². The Morgan fingerprint density at radius 3 is 2.50 bits per heavy atom. The highest BCUT2D eigenvalue weighted by atomic mass is 16.6. The molecule has 0 fully saturated rings. The predicted octanol–water partition coefficient (Wildman–Crippen LogP) is 3.33. The Bertz CT molecular complexity index is 730. The molecule has 6 nitrogen and oxygen atoms in total. The van der Waals surface area contributed by atoms with Gasteiger partial charge in [0.05, 0.1) is 4.92 Å². The van der Waals surface area contributed by atoms with E-state index in [2.05, 4.69) is 0 Å². The average molecular weight is 328 g/mol. The Kier molecular flexibility index (Phi) is 5.89. The molecule has 1 amide bonds. The van der Waals surface area contributed by atoms with E-state index >= 15 is 0 Å². The summed E-state index contributed by atoms with van der Waals surface area (Å²) in [6, 6.07) is 13.9. The zero-order chi connectivity index (χ0) is 17.5. The molecule has 0 aromatic heterocycles. The zero-order valence-electron chi connectivity index (χ0n) is 13.8. The number of benzene rings is 2. The maximum atomic E-state index is 12.4. The van der Waals surface area contributed by atoms with E-state index in [1.165, 1.54) is 12.1 Å². The van der Waals surface area contributed by atoms with Crippen LogP contribution in [-0.4, -0.2) is 28.9 Å². The minimum Gasteiger partial charge on any atom is -0.477 e. The van der Waals surface area contributed by atoms with Crippen LogP contribution < -0.4 is 4.74 Å². The van der Waals surface area contributed by atoms with Gasteiger partial charge >= 0.3 is 5.69 Å². The van der Waals surface area contributed by atoms with E-state index in [1.807, 2.05) is 38.1 Å². The highest BCUT2D eigenvalue weighted by molar-refractivity contribution is 5.78. The first-order valence-corrected chi connectivity index (χ1v) is 7.71. The first-order chi connectivity index (χ1) is 11.5. The smallest absolute Gasteiger partial charge is 0.310 e. The molecule has 0 aliphatic carbocycles. The molecule has 0 unspecified atom stereocenters. The van der Waals surface area contributed by atoms with E-state index in [9.17, 15) is 14.9 Å². The van der Waals surface area contributed by atoms with E-state index in [4.69, 9.17) is 4.74 Å². The van der Waals surface area contributed by atoms with Crippen LogP contribution in [0.1, 0.15) is 18.1 Å². The Balaban J connectivity index is 2.03. The summed E-state index contributed by atoms with van der Waals surface area (Å²) in [4.78, 5) is 24.5. The van der Waals surface area contributed by atoms with Crippen LogP contribution in [0.3, 0.4) is 0 Å². The van der Waals surface area contributed by atoms with Crippen molar-refractivity contribution in [3.63, 3.8) is 0 Å². The van der Waals surface area contributed by atoms with Crippen LogP contribution in [0.2, 0.25) is 0 Å². The third kappa shape index (κ3) is 4.32. The number of carbonyl (C=O) groups is 1. The maximum absolute atomic E-state index is 12.4. The molecule has 0 saturated heterocycles. The van der Waals surface area contributed by atoms with Crippen LogP contribution in [-0.2, 0) is 11.3 Å². The van der Waals surface area contributed by atoms with Crippen LogP contribution >= 0.6 is 0 Å². The number of nitro benzene ring substituents is 1. The first kappa shape index (κ1) is 17.5. The fourth-order valence-corrected chi connectivity index (χ4v) is 2.33. The Labute approximate surface area is 140 Å². The van der Waals surface area contributed by atoms with Gasteiger partial charge in [-0.25, -0.2) is 0 Å². The first-order valence-electron chi connectivity index (χ1n) is 7.71. The van der Waals surface area contributed by atoms with Crippen LogP contribution in [0.15, 0.2) is 48.5 Å². The summed E-state index contributed by atoms with van der Waals surface area (Å²) in [5, 5.41) is 11.0. The number of nitro groups is 1. The molecule has 126 valence electrons. The van der Waals surface area contributed by atoms with Gasteiger partial charge in [-0.2, -0.15) is 0 Å². The molecule has 0 heterocycles. The van der Waals surface area contributed by atoms with E-state index in [0.29, 0.717) is 13.1 Å². The largest absolute Gasteiger partial charge is 0.477 e. The normalized spacial score (nSPS) is 10.2. The van der Waals surface area contributed by atoms with Crippen molar-refractivity contribution in [2.75, 3.05) is 13.2 Å². The molecule has 6 heteroatoms. The second-order valence-electron chi connectivity index (χ2n) is 5.35. The molecule has 0 saturated carbocycles. The van der Waals surface area contributed by atoms with Gasteiger partial charge in [0.25, 0.3) is 5.91 Å². The maximum Gasteiger partial charge on any atom is 0.310 e. The summed E-state index contributed by atoms with van der Waals surface area (Å²) < 4.78 is 5.38. The second-order valence-corrected chi connectivity index (χ2v) is 5.35. The topological polar surface area (TPSA) is 72.7 Å². The Morgan fingerprint density at radius 2 is 1.83 bits per heavy atom. The van der Waals surface area contributed by atoms with Gasteiger partial charge in [-0.05, 0) is 31.0 Å². The van der Waals surface area contributed by atoms with Crippen molar-refractivity contribution in [2.24, 2.45) is 0 Å². The van der Waals surface area contributed by atoms with Gasteiger partial charge < -0.3 is 9.64 Å². The molecule has 0 atom stereocenters. The van der Waals surface area contributed by atoms with Crippen molar-refractivity contribution in [3.8, 4) is 5.75 Å². The predicted molar refractivity (Wildman–Crippen MR) is 90.9 cm³/mol. The van der Waals surface area contributed by atoms with Gasteiger partial charge in [-0.3, -0.25) is 14.9 Å². The average Bonchev–Trinajstić information content (AvgIpc) is 2.59. The molecule has 0 aliphatic rings. The number of nitrogens with zero attached hydrogens (tertiary/aromatic N) is 2. The van der Waals surface area contributed by atoms with Crippen molar-refractivity contribution in [3.05, 3.63) is 69.8 Å². The lowest BCUT2D eigenvalue weighted by Gasteiger charge is -2.22. The summed E-state index contributed by atoms with van der Waals surface area (Å²) in [6.07, 6.45) is 0. The Hall–Kier alpha value is -2.89. The molecule has 2 aromatic carbocycles. The van der Waals surface area contributed by atoms with Gasteiger partial charge in [-0.1, -0.05) is 36.4 Å². The quantitative estimate of drug-likeness (QED) is 0.577. The van der Waals surface area contributed by atoms with Crippen molar-refractivity contribution in [1.29, 1.82) is 0 Å². The van der Waals surface area contributed by atoms with Crippen LogP contribution in [0.25, 0.3) is 0 Å². The molecule has 2 aromatic rings. The minimum atomic E-state index is -0.523. The fourth-order valence-electron chi connectivity index (χ4n) is 2.33. The van der Waals surface area contributed by atoms with E-state index < -0.39 is 4.92 Å². The van der Waals surface area contributed by atoms with Crippen molar-refractivity contribution in [2.45, 2.75) is 20.4 Å². The van der Waals surface area contributed by atoms with Crippen LogP contribution in [0.5, 0.6) is 5.75 Å². The van der Waals surface area contributed by atoms with Crippen molar-refractivity contribution in [1.82, 2.24) is 4.90 Å². The molecule has 0 N–H and O–H groups in total. The van der Waals surface area contributed by atoms with E-state index in [-0.39, 0.29) is 24.0 Å². The summed E-state index contributed by atoms with van der Waals surface area (Å²) in [6.45, 7) is 4.68. The summed E-state index contributed by atoms with van der Waals surface area (Å²) in [7, 11) is 0. The van der Waals surface area contributed by atoms with E-state index in [0.717, 1.165) is 11.1 Å². The second kappa shape index (κ2) is 8.10. The highest BCUT2D eigenvalue weighted by Gasteiger charge is 2.18. The molecule has 24 heavy (non-hydrogen) atoms. The number of ether oxygens (including phenoxy) is 1. The van der Waals surface area contributed by atoms with Gasteiger partial charge in [-0.15, -0.1) is 0 Å². The number of rotatable bonds is 7. The number of likely N-dealkylation sites (N-methyl/N-ethyl adjacent to an activating group) is 1. The van der Waals surface area contributed by atoms with Gasteiger partial charge in [0.15, 0.2) is 12.4 Å². The van der Waals surface area contributed by atoms with Crippen molar-refractivity contribution < 1.29 is 14.5 Å². The van der Waals surface area contributed by atoms with Gasteiger partial charge in [0, 0.05) is 19.2 Å². The number of hydrogen-bond donors (Lipinski definition) is 0. The Morgan fingerprint density at radius 1 is 1.17 bits per heavy atom. The summed E-state index contributed by atoms with van der Waals surface area (Å²) in [5.41, 5.74) is 2.04. The zero-order valence-corrected chi connectivity index (χ0v) is 13.8. The molecule has 0 bridgehead atoms. The molecular formula is C18H20N2O4. The number of hydrogen-bond acceptors (Lipinski definition) is 4. The SMILES string of the molecule is CCN(Cc1ccccc1C)C(=O)COc1ccccc1[N+](=O)[O-]. The molecular weight excluding hydrogens is 308 g/mol. The number of carbonyl (C=O) groups excluding carboxylic acids is 1. The fraction of sp³-hybridized carbons (Fsp3) is 0.278. The molecule has 0 radical (unpaired) electrons. The third-order valence-electron chi connectivity index (χ3n) is 3.77. The standard InChI is InChI=1S/C18H20N2O4/c1-3-19(12-15-9-5-4-8-14(15)2)18(21)13-24-17-11-7-6-10-16(17)20(22)23/h4-11H,3,12-13H2,1-2H3. The van der Waals surface area contributed by atoms with Crippen LogP contribution in [0, 0.1) is 17.0 Å². The van der Waals surface area contributed by atoms with Crippen molar-refractivity contribution >= 4 is 11.6 Å². The number of para-hydroxylation sites is 2. The molecule has 0 spiro atoms. The molecule has 0 aliphatic heterocycles. The number of amides is 1. The van der Waals surface area contributed by atoms with E-state index in [1.54, 1.807) is 17.0 Å².